The van der Waals surface area contributed by atoms with Crippen LogP contribution < -0.4 is 4.74 Å². The van der Waals surface area contributed by atoms with Gasteiger partial charge in [-0.25, -0.2) is 0 Å². The Balaban J connectivity index is 1.81. The zero-order valence-corrected chi connectivity index (χ0v) is 14.1. The maximum Gasteiger partial charge on any atom is 0.264 e. The number of nitrogens with zero attached hydrogens (tertiary/aromatic N) is 1. The Kier molecular flexibility index (Phi) is 4.86. The third-order valence-corrected chi connectivity index (χ3v) is 4.76. The minimum absolute atomic E-state index is 0.0155. The topological polar surface area (TPSA) is 49.8 Å². The molecule has 3 unspecified atom stereocenters. The monoisotopic (exact) mass is 325 g/mol. The first-order chi connectivity index (χ1) is 11.6. The number of aliphatic hydroxyl groups excluding tert-OH is 1. The molecule has 4 nitrogen and oxygen atoms in total. The summed E-state index contributed by atoms with van der Waals surface area (Å²) < 4.78 is 5.91. The number of likely N-dealkylation sites (N-methyl/N-ethyl adjacent to an activating group) is 1. The molecule has 1 heterocycles. The number of rotatable bonds is 5. The van der Waals surface area contributed by atoms with E-state index < -0.39 is 6.10 Å². The highest BCUT2D eigenvalue weighted by molar-refractivity contribution is 5.83. The quantitative estimate of drug-likeness (QED) is 0.919. The van der Waals surface area contributed by atoms with Gasteiger partial charge < -0.3 is 14.7 Å². The third kappa shape index (κ3) is 3.02. The van der Waals surface area contributed by atoms with Gasteiger partial charge in [-0.15, -0.1) is 0 Å². The van der Waals surface area contributed by atoms with Gasteiger partial charge in [-0.2, -0.15) is 0 Å². The van der Waals surface area contributed by atoms with Crippen LogP contribution in [0.4, 0.5) is 0 Å². The van der Waals surface area contributed by atoms with Crippen molar-refractivity contribution in [3.05, 3.63) is 65.7 Å². The van der Waals surface area contributed by atoms with Crippen LogP contribution in [0.15, 0.2) is 54.6 Å². The number of hydrogen-bond acceptors (Lipinski definition) is 3. The summed E-state index contributed by atoms with van der Waals surface area (Å²) in [5.41, 5.74) is 2.09. The largest absolute Gasteiger partial charge is 0.480 e. The van der Waals surface area contributed by atoms with Crippen LogP contribution in [-0.2, 0) is 4.79 Å². The first-order valence-electron chi connectivity index (χ1n) is 8.31. The Morgan fingerprint density at radius 2 is 1.83 bits per heavy atom. The van der Waals surface area contributed by atoms with Crippen LogP contribution in [0.3, 0.4) is 0 Å². The van der Waals surface area contributed by atoms with Gasteiger partial charge >= 0.3 is 0 Å². The summed E-state index contributed by atoms with van der Waals surface area (Å²) in [6.07, 6.45) is -0.0161. The second-order valence-corrected chi connectivity index (χ2v) is 6.25. The second kappa shape index (κ2) is 7.05. The molecule has 0 bridgehead atoms. The first kappa shape index (κ1) is 16.5. The van der Waals surface area contributed by atoms with Gasteiger partial charge in [0, 0.05) is 25.1 Å². The van der Waals surface area contributed by atoms with Crippen molar-refractivity contribution in [1.29, 1.82) is 0 Å². The van der Waals surface area contributed by atoms with Gasteiger partial charge in [-0.1, -0.05) is 55.5 Å². The van der Waals surface area contributed by atoms with E-state index in [4.69, 9.17) is 4.74 Å². The molecule has 0 saturated heterocycles. The van der Waals surface area contributed by atoms with Gasteiger partial charge in [-0.3, -0.25) is 4.79 Å². The van der Waals surface area contributed by atoms with E-state index in [1.165, 1.54) is 0 Å². The minimum atomic E-state index is -0.516. The number of aliphatic hydroxyl groups is 1. The van der Waals surface area contributed by atoms with Gasteiger partial charge in [0.1, 0.15) is 5.75 Å². The Labute approximate surface area is 142 Å². The lowest BCUT2D eigenvalue weighted by atomic mass is 9.95. The zero-order valence-electron chi connectivity index (χ0n) is 14.1. The minimum Gasteiger partial charge on any atom is -0.480 e. The summed E-state index contributed by atoms with van der Waals surface area (Å²) >= 11 is 0. The number of para-hydroxylation sites is 1. The van der Waals surface area contributed by atoms with Crippen molar-refractivity contribution < 1.29 is 14.6 Å². The molecule has 1 aliphatic rings. The molecule has 0 fully saturated rings. The van der Waals surface area contributed by atoms with E-state index in [0.29, 0.717) is 6.42 Å². The van der Waals surface area contributed by atoms with E-state index in [-0.39, 0.29) is 24.5 Å². The molecule has 24 heavy (non-hydrogen) atoms. The number of benzene rings is 2. The van der Waals surface area contributed by atoms with E-state index in [1.54, 1.807) is 11.9 Å². The fraction of sp³-hybridized carbons (Fsp3) is 0.350. The summed E-state index contributed by atoms with van der Waals surface area (Å²) in [6, 6.07) is 17.4. The van der Waals surface area contributed by atoms with Gasteiger partial charge in [-0.05, 0) is 18.1 Å². The van der Waals surface area contributed by atoms with Crippen molar-refractivity contribution in [2.45, 2.75) is 31.4 Å². The Bertz CT molecular complexity index is 701. The third-order valence-electron chi connectivity index (χ3n) is 4.76. The standard InChI is InChI=1S/C20H23NO3/c1-14-16-10-6-7-11-18(16)24-19(14)20(23)21(2)17(12-13-22)15-8-4-3-5-9-15/h3-11,14,17,19,22H,12-13H2,1-2H3. The average molecular weight is 325 g/mol. The maximum absolute atomic E-state index is 13.0. The van der Waals surface area contributed by atoms with Crippen LogP contribution in [0.2, 0.25) is 0 Å². The van der Waals surface area contributed by atoms with Gasteiger partial charge in [0.15, 0.2) is 6.10 Å². The van der Waals surface area contributed by atoms with Crippen molar-refractivity contribution in [2.75, 3.05) is 13.7 Å². The van der Waals surface area contributed by atoms with Crippen LogP contribution >= 0.6 is 0 Å². The lowest BCUT2D eigenvalue weighted by Gasteiger charge is -2.31. The highest BCUT2D eigenvalue weighted by atomic mass is 16.5. The highest BCUT2D eigenvalue weighted by Gasteiger charge is 2.39. The molecule has 0 radical (unpaired) electrons. The van der Waals surface area contributed by atoms with Crippen molar-refractivity contribution >= 4 is 5.91 Å². The molecule has 3 rings (SSSR count). The Morgan fingerprint density at radius 3 is 2.50 bits per heavy atom. The number of hydrogen-bond donors (Lipinski definition) is 1. The van der Waals surface area contributed by atoms with Crippen LogP contribution in [0, 0.1) is 0 Å². The molecule has 2 aromatic rings. The van der Waals surface area contributed by atoms with Gasteiger partial charge in [0.05, 0.1) is 6.04 Å². The molecular weight excluding hydrogens is 302 g/mol. The molecule has 0 aromatic heterocycles. The molecule has 1 amide bonds. The fourth-order valence-corrected chi connectivity index (χ4v) is 3.37. The average Bonchev–Trinajstić information content (AvgIpc) is 2.96. The number of carbonyl (C=O) groups excluding carboxylic acids is 1. The molecule has 2 aromatic carbocycles. The van der Waals surface area contributed by atoms with E-state index in [9.17, 15) is 9.90 Å². The number of carbonyl (C=O) groups is 1. The van der Waals surface area contributed by atoms with E-state index in [1.807, 2.05) is 61.5 Å². The predicted octanol–water partition coefficient (Wildman–Crippen LogP) is 3.13. The van der Waals surface area contributed by atoms with E-state index in [2.05, 4.69) is 0 Å². The van der Waals surface area contributed by atoms with Crippen molar-refractivity contribution in [2.24, 2.45) is 0 Å². The maximum atomic E-state index is 13.0. The number of ether oxygens (including phenoxy) is 1. The first-order valence-corrected chi connectivity index (χ1v) is 8.31. The SMILES string of the molecule is CC1c2ccccc2OC1C(=O)N(C)C(CCO)c1ccccc1. The Hall–Kier alpha value is -2.33. The zero-order chi connectivity index (χ0) is 17.1. The number of fused-ring (bicyclic) bond motifs is 1. The van der Waals surface area contributed by atoms with Crippen molar-refractivity contribution in [1.82, 2.24) is 4.90 Å². The molecule has 3 atom stereocenters. The molecule has 0 saturated carbocycles. The van der Waals surface area contributed by atoms with Crippen LogP contribution in [-0.4, -0.2) is 35.7 Å². The molecule has 126 valence electrons. The second-order valence-electron chi connectivity index (χ2n) is 6.25. The highest BCUT2D eigenvalue weighted by Crippen LogP contribution is 2.39. The number of amides is 1. The van der Waals surface area contributed by atoms with Gasteiger partial charge in [0.2, 0.25) is 0 Å². The summed E-state index contributed by atoms with van der Waals surface area (Å²) in [5, 5.41) is 9.42. The molecule has 4 heteroatoms. The fourth-order valence-electron chi connectivity index (χ4n) is 3.37. The van der Waals surface area contributed by atoms with E-state index in [0.717, 1.165) is 16.9 Å². The summed E-state index contributed by atoms with van der Waals surface area (Å²) in [4.78, 5) is 14.7. The Morgan fingerprint density at radius 1 is 1.17 bits per heavy atom. The smallest absolute Gasteiger partial charge is 0.264 e. The normalized spacial score (nSPS) is 20.1. The summed E-state index contributed by atoms with van der Waals surface area (Å²) in [6.45, 7) is 2.05. The lowest BCUT2D eigenvalue weighted by Crippen LogP contribution is -2.42. The predicted molar refractivity (Wildman–Crippen MR) is 92.9 cm³/mol. The van der Waals surface area contributed by atoms with Crippen LogP contribution in [0.25, 0.3) is 0 Å². The molecule has 1 N–H and O–H groups in total. The molecule has 1 aliphatic heterocycles. The van der Waals surface area contributed by atoms with E-state index >= 15 is 0 Å². The summed E-state index contributed by atoms with van der Waals surface area (Å²) in [5.74, 6) is 0.748. The summed E-state index contributed by atoms with van der Waals surface area (Å²) in [7, 11) is 1.79. The molecule has 0 aliphatic carbocycles. The van der Waals surface area contributed by atoms with Crippen molar-refractivity contribution in [3.8, 4) is 5.75 Å². The van der Waals surface area contributed by atoms with Crippen molar-refractivity contribution in [3.63, 3.8) is 0 Å². The molecular formula is C20H23NO3. The molecule has 0 spiro atoms. The van der Waals surface area contributed by atoms with Gasteiger partial charge in [0.25, 0.3) is 5.91 Å². The lowest BCUT2D eigenvalue weighted by molar-refractivity contribution is -0.140. The van der Waals surface area contributed by atoms with Crippen LogP contribution in [0.5, 0.6) is 5.75 Å². The van der Waals surface area contributed by atoms with Crippen LogP contribution in [0.1, 0.15) is 36.4 Å².